The van der Waals surface area contributed by atoms with Gasteiger partial charge in [0.15, 0.2) is 0 Å². The van der Waals surface area contributed by atoms with Crippen molar-refractivity contribution >= 4 is 21.4 Å². The van der Waals surface area contributed by atoms with Crippen molar-refractivity contribution in [1.29, 1.82) is 0 Å². The zero-order valence-electron chi connectivity index (χ0n) is 11.7. The second-order valence-corrected chi connectivity index (χ2v) is 8.11. The molecule has 3 heterocycles. The highest BCUT2D eigenvalue weighted by Crippen LogP contribution is 2.27. The van der Waals surface area contributed by atoms with Crippen LogP contribution in [-0.2, 0) is 29.7 Å². The summed E-state index contributed by atoms with van der Waals surface area (Å²) in [6, 6.07) is 3.55. The average Bonchev–Trinajstić information content (AvgIpc) is 3.13. The summed E-state index contributed by atoms with van der Waals surface area (Å²) >= 11 is 1.32. The lowest BCUT2D eigenvalue weighted by atomic mass is 10.4. The molecule has 0 radical (unpaired) electrons. The standard InChI is InChI=1S/C12H17N5O2S2/c1-2-13-7-10-3-4-12(20-10)21(18,19)17-6-5-16-9-14-15-11(16)8-17/h3-4,9,13H,2,5-8H2,1H3. The molecular weight excluding hydrogens is 310 g/mol. The first kappa shape index (κ1) is 14.6. The van der Waals surface area contributed by atoms with Gasteiger partial charge < -0.3 is 9.88 Å². The van der Waals surface area contributed by atoms with E-state index in [0.29, 0.717) is 29.7 Å². The summed E-state index contributed by atoms with van der Waals surface area (Å²) in [6.45, 7) is 4.91. The van der Waals surface area contributed by atoms with Gasteiger partial charge in [0.1, 0.15) is 16.4 Å². The first-order valence-corrected chi connectivity index (χ1v) is 9.03. The van der Waals surface area contributed by atoms with Crippen LogP contribution >= 0.6 is 11.3 Å². The van der Waals surface area contributed by atoms with Crippen LogP contribution in [0.3, 0.4) is 0 Å². The molecule has 0 spiro atoms. The van der Waals surface area contributed by atoms with Crippen LogP contribution < -0.4 is 5.32 Å². The van der Waals surface area contributed by atoms with E-state index >= 15 is 0 Å². The number of sulfonamides is 1. The lowest BCUT2D eigenvalue weighted by Crippen LogP contribution is -2.37. The van der Waals surface area contributed by atoms with Crippen LogP contribution in [0, 0.1) is 0 Å². The smallest absolute Gasteiger partial charge is 0.253 e. The van der Waals surface area contributed by atoms with Crippen molar-refractivity contribution < 1.29 is 8.42 Å². The van der Waals surface area contributed by atoms with Crippen LogP contribution in [0.15, 0.2) is 22.7 Å². The van der Waals surface area contributed by atoms with E-state index in [1.807, 2.05) is 17.6 Å². The van der Waals surface area contributed by atoms with Crippen molar-refractivity contribution in [3.8, 4) is 0 Å². The quantitative estimate of drug-likeness (QED) is 0.872. The maximum atomic E-state index is 12.7. The molecule has 7 nitrogen and oxygen atoms in total. The average molecular weight is 327 g/mol. The second-order valence-electron chi connectivity index (χ2n) is 4.78. The number of hydrogen-bond donors (Lipinski definition) is 1. The van der Waals surface area contributed by atoms with Gasteiger partial charge in [0.2, 0.25) is 0 Å². The fourth-order valence-corrected chi connectivity index (χ4v) is 5.08. The Morgan fingerprint density at radius 3 is 3.05 bits per heavy atom. The molecule has 0 aliphatic carbocycles. The van der Waals surface area contributed by atoms with Crippen LogP contribution in [0.2, 0.25) is 0 Å². The van der Waals surface area contributed by atoms with E-state index in [1.54, 1.807) is 12.4 Å². The maximum absolute atomic E-state index is 12.7. The van der Waals surface area contributed by atoms with Gasteiger partial charge in [-0.2, -0.15) is 4.31 Å². The summed E-state index contributed by atoms with van der Waals surface area (Å²) in [4.78, 5) is 1.02. The molecule has 114 valence electrons. The van der Waals surface area contributed by atoms with Crippen molar-refractivity contribution in [2.24, 2.45) is 0 Å². The van der Waals surface area contributed by atoms with E-state index in [0.717, 1.165) is 11.4 Å². The normalized spacial score (nSPS) is 16.0. The van der Waals surface area contributed by atoms with Crippen LogP contribution in [0.25, 0.3) is 0 Å². The van der Waals surface area contributed by atoms with E-state index in [2.05, 4.69) is 15.5 Å². The first-order valence-electron chi connectivity index (χ1n) is 6.77. The van der Waals surface area contributed by atoms with Crippen LogP contribution in [-0.4, -0.2) is 40.6 Å². The highest BCUT2D eigenvalue weighted by molar-refractivity contribution is 7.91. The number of aromatic nitrogens is 3. The molecule has 0 fully saturated rings. The lowest BCUT2D eigenvalue weighted by Gasteiger charge is -2.25. The minimum Gasteiger partial charge on any atom is -0.315 e. The van der Waals surface area contributed by atoms with Crippen molar-refractivity contribution in [3.63, 3.8) is 0 Å². The second kappa shape index (κ2) is 5.84. The SMILES string of the molecule is CCNCc1ccc(S(=O)(=O)N2CCn3cnnc3C2)s1. The Morgan fingerprint density at radius 1 is 1.38 bits per heavy atom. The van der Waals surface area contributed by atoms with Gasteiger partial charge >= 0.3 is 0 Å². The third-order valence-corrected chi connectivity index (χ3v) is 6.78. The zero-order valence-corrected chi connectivity index (χ0v) is 13.3. The zero-order chi connectivity index (χ0) is 14.9. The van der Waals surface area contributed by atoms with Crippen molar-refractivity contribution in [2.75, 3.05) is 13.1 Å². The topological polar surface area (TPSA) is 80.1 Å². The Kier molecular flexibility index (Phi) is 4.07. The highest BCUT2D eigenvalue weighted by atomic mass is 32.2. The summed E-state index contributed by atoms with van der Waals surface area (Å²) in [5.41, 5.74) is 0. The minimum absolute atomic E-state index is 0.281. The summed E-state index contributed by atoms with van der Waals surface area (Å²) < 4.78 is 29.1. The molecule has 3 rings (SSSR count). The molecule has 0 bridgehead atoms. The number of thiophene rings is 1. The molecule has 1 aliphatic heterocycles. The summed E-state index contributed by atoms with van der Waals surface area (Å²) in [5, 5.41) is 11.0. The number of nitrogens with zero attached hydrogens (tertiary/aromatic N) is 4. The van der Waals surface area contributed by atoms with Gasteiger partial charge in [-0.05, 0) is 18.7 Å². The molecule has 2 aromatic heterocycles. The van der Waals surface area contributed by atoms with Crippen molar-refractivity contribution in [1.82, 2.24) is 24.4 Å². The highest BCUT2D eigenvalue weighted by Gasteiger charge is 2.30. The fraction of sp³-hybridized carbons (Fsp3) is 0.500. The van der Waals surface area contributed by atoms with Gasteiger partial charge in [-0.1, -0.05) is 6.92 Å². The minimum atomic E-state index is -3.44. The molecule has 2 aromatic rings. The summed E-state index contributed by atoms with van der Waals surface area (Å²) in [5.74, 6) is 0.689. The molecule has 0 unspecified atom stereocenters. The van der Waals surface area contributed by atoms with Crippen molar-refractivity contribution in [2.45, 2.75) is 30.8 Å². The van der Waals surface area contributed by atoms with Crippen LogP contribution in [0.1, 0.15) is 17.6 Å². The molecule has 9 heteroatoms. The molecule has 0 atom stereocenters. The van der Waals surface area contributed by atoms with Gasteiger partial charge in [0.05, 0.1) is 6.54 Å². The number of fused-ring (bicyclic) bond motifs is 1. The Labute approximate surface area is 127 Å². The Morgan fingerprint density at radius 2 is 2.24 bits per heavy atom. The summed E-state index contributed by atoms with van der Waals surface area (Å²) in [6.07, 6.45) is 1.64. The monoisotopic (exact) mass is 327 g/mol. The van der Waals surface area contributed by atoms with Crippen LogP contribution in [0.4, 0.5) is 0 Å². The molecule has 1 N–H and O–H groups in total. The molecule has 1 aliphatic rings. The molecular formula is C12H17N5O2S2. The number of rotatable bonds is 5. The van der Waals surface area contributed by atoms with Gasteiger partial charge in [-0.3, -0.25) is 0 Å². The third kappa shape index (κ3) is 2.86. The lowest BCUT2D eigenvalue weighted by molar-refractivity contribution is 0.336. The molecule has 0 amide bonds. The largest absolute Gasteiger partial charge is 0.315 e. The predicted molar refractivity (Wildman–Crippen MR) is 79.3 cm³/mol. The van der Waals surface area contributed by atoms with Crippen LogP contribution in [0.5, 0.6) is 0 Å². The number of nitrogens with one attached hydrogen (secondary N) is 1. The molecule has 0 saturated heterocycles. The van der Waals surface area contributed by atoms with Crippen molar-refractivity contribution in [3.05, 3.63) is 29.2 Å². The van der Waals surface area contributed by atoms with E-state index < -0.39 is 10.0 Å². The van der Waals surface area contributed by atoms with Gasteiger partial charge in [-0.25, -0.2) is 8.42 Å². The van der Waals surface area contributed by atoms with Gasteiger partial charge in [-0.15, -0.1) is 21.5 Å². The third-order valence-electron chi connectivity index (χ3n) is 3.38. The molecule has 0 aromatic carbocycles. The Balaban J connectivity index is 1.79. The van der Waals surface area contributed by atoms with E-state index in [9.17, 15) is 8.42 Å². The Hall–Kier alpha value is -1.29. The van der Waals surface area contributed by atoms with E-state index in [-0.39, 0.29) is 6.54 Å². The summed E-state index contributed by atoms with van der Waals surface area (Å²) in [7, 11) is -3.44. The fourth-order valence-electron chi connectivity index (χ4n) is 2.22. The van der Waals surface area contributed by atoms with E-state index in [4.69, 9.17) is 0 Å². The molecule has 0 saturated carbocycles. The van der Waals surface area contributed by atoms with Gasteiger partial charge in [0.25, 0.3) is 10.0 Å². The van der Waals surface area contributed by atoms with Gasteiger partial charge in [0, 0.05) is 24.5 Å². The number of hydrogen-bond acceptors (Lipinski definition) is 6. The Bertz CT molecular complexity index is 722. The maximum Gasteiger partial charge on any atom is 0.253 e. The first-order chi connectivity index (χ1) is 10.1. The van der Waals surface area contributed by atoms with E-state index in [1.165, 1.54) is 15.6 Å². The molecule has 21 heavy (non-hydrogen) atoms. The predicted octanol–water partition coefficient (Wildman–Crippen LogP) is 0.654.